The number of hydrogen-bond acceptors (Lipinski definition) is 8. The third-order valence-electron chi connectivity index (χ3n) is 3.63. The molecular weight excluding hydrogens is 354 g/mol. The number of aromatic nitrogens is 1. The third-order valence-corrected chi connectivity index (χ3v) is 3.63. The molecule has 0 aromatic carbocycles. The molecule has 0 spiro atoms. The molecule has 2 N–H and O–H groups in total. The fraction of sp³-hybridized carbons (Fsp3) is 0.632. The van der Waals surface area contributed by atoms with Crippen LogP contribution in [0.15, 0.2) is 12.1 Å². The molecule has 152 valence electrons. The second-order valence-corrected chi connectivity index (χ2v) is 5.91. The average Bonchev–Trinajstić information content (AvgIpc) is 2.69. The Labute approximate surface area is 159 Å². The van der Waals surface area contributed by atoms with Crippen LogP contribution in [0, 0.1) is 0 Å². The Bertz CT molecular complexity index is 539. The van der Waals surface area contributed by atoms with Crippen LogP contribution in [0.2, 0.25) is 0 Å². The Morgan fingerprint density at radius 2 is 1.37 bits per heavy atom. The second kappa shape index (κ2) is 13.9. The van der Waals surface area contributed by atoms with Crippen LogP contribution in [-0.2, 0) is 9.47 Å². The van der Waals surface area contributed by atoms with E-state index in [0.717, 1.165) is 19.3 Å². The van der Waals surface area contributed by atoms with Crippen molar-refractivity contribution in [2.45, 2.75) is 45.4 Å². The number of rotatable bonds is 14. The number of unbranched alkanes of at least 4 members (excludes halogenated alkanes) is 5. The van der Waals surface area contributed by atoms with Gasteiger partial charge in [-0.3, -0.25) is 0 Å². The number of pyridine rings is 1. The lowest BCUT2D eigenvalue weighted by molar-refractivity contribution is 0.0415. The van der Waals surface area contributed by atoms with Crippen molar-refractivity contribution < 1.29 is 34.0 Å². The van der Waals surface area contributed by atoms with Crippen molar-refractivity contribution in [1.29, 1.82) is 0 Å². The molecule has 0 saturated heterocycles. The maximum atomic E-state index is 12.0. The molecule has 1 rings (SSSR count). The molecule has 1 heterocycles. The van der Waals surface area contributed by atoms with E-state index in [4.69, 9.17) is 24.4 Å². The fourth-order valence-corrected chi connectivity index (χ4v) is 2.29. The van der Waals surface area contributed by atoms with Gasteiger partial charge in [0, 0.05) is 12.1 Å². The largest absolute Gasteiger partial charge is 0.493 e. The highest BCUT2D eigenvalue weighted by Crippen LogP contribution is 2.17. The maximum absolute atomic E-state index is 12.0. The van der Waals surface area contributed by atoms with E-state index in [1.807, 2.05) is 0 Å². The van der Waals surface area contributed by atoms with Crippen molar-refractivity contribution in [2.75, 3.05) is 33.0 Å². The minimum absolute atomic E-state index is 0.111. The minimum Gasteiger partial charge on any atom is -0.493 e. The molecule has 0 saturated carbocycles. The van der Waals surface area contributed by atoms with Gasteiger partial charge in [0.2, 0.25) is 0 Å². The summed E-state index contributed by atoms with van der Waals surface area (Å²) in [5.41, 5.74) is -0.223. The molecule has 8 heteroatoms. The zero-order chi connectivity index (χ0) is 19.9. The zero-order valence-electron chi connectivity index (χ0n) is 15.8. The van der Waals surface area contributed by atoms with E-state index in [-0.39, 0.29) is 37.8 Å². The molecule has 0 unspecified atom stereocenters. The lowest BCUT2D eigenvalue weighted by Gasteiger charge is -2.10. The SMILES string of the molecule is CCCCCCCCOc1cc(C(=O)OCCO)nc(C(=O)OCCO)c1. The first-order valence-corrected chi connectivity index (χ1v) is 9.33. The average molecular weight is 383 g/mol. The molecule has 0 atom stereocenters. The van der Waals surface area contributed by atoms with Gasteiger partial charge in [0.05, 0.1) is 19.8 Å². The third kappa shape index (κ3) is 9.35. The summed E-state index contributed by atoms with van der Waals surface area (Å²) >= 11 is 0. The van der Waals surface area contributed by atoms with Crippen molar-refractivity contribution in [2.24, 2.45) is 0 Å². The number of aliphatic hydroxyl groups excluding tert-OH is 2. The smallest absolute Gasteiger partial charge is 0.357 e. The summed E-state index contributed by atoms with van der Waals surface area (Å²) in [5.74, 6) is -1.24. The summed E-state index contributed by atoms with van der Waals surface area (Å²) < 4.78 is 15.3. The van der Waals surface area contributed by atoms with Crippen LogP contribution in [0.1, 0.15) is 66.4 Å². The Morgan fingerprint density at radius 3 is 1.89 bits per heavy atom. The molecular formula is C19H29NO7. The molecule has 0 amide bonds. The number of carbonyl (C=O) groups excluding carboxylic acids is 2. The first-order valence-electron chi connectivity index (χ1n) is 9.33. The predicted octanol–water partition coefficient (Wildman–Crippen LogP) is 2.12. The van der Waals surface area contributed by atoms with E-state index < -0.39 is 11.9 Å². The van der Waals surface area contributed by atoms with E-state index in [2.05, 4.69) is 11.9 Å². The van der Waals surface area contributed by atoms with Gasteiger partial charge >= 0.3 is 11.9 Å². The lowest BCUT2D eigenvalue weighted by atomic mass is 10.1. The molecule has 1 aromatic heterocycles. The van der Waals surface area contributed by atoms with Gasteiger partial charge in [-0.25, -0.2) is 14.6 Å². The lowest BCUT2D eigenvalue weighted by Crippen LogP contribution is -2.16. The van der Waals surface area contributed by atoms with Gasteiger partial charge in [0.1, 0.15) is 19.0 Å². The van der Waals surface area contributed by atoms with E-state index in [9.17, 15) is 9.59 Å². The van der Waals surface area contributed by atoms with Crippen molar-refractivity contribution in [3.63, 3.8) is 0 Å². The standard InChI is InChI=1S/C19H29NO7/c1-2-3-4-5-6-7-10-25-15-13-16(18(23)26-11-8-21)20-17(14-15)19(24)27-12-9-22/h13-14,21-22H,2-12H2,1H3. The van der Waals surface area contributed by atoms with Gasteiger partial charge in [-0.1, -0.05) is 39.0 Å². The van der Waals surface area contributed by atoms with Gasteiger partial charge < -0.3 is 24.4 Å². The van der Waals surface area contributed by atoms with E-state index in [1.54, 1.807) is 0 Å². The summed E-state index contributed by atoms with van der Waals surface area (Å²) in [4.78, 5) is 27.9. The van der Waals surface area contributed by atoms with E-state index in [0.29, 0.717) is 12.4 Å². The van der Waals surface area contributed by atoms with E-state index >= 15 is 0 Å². The van der Waals surface area contributed by atoms with Crippen LogP contribution < -0.4 is 4.74 Å². The maximum Gasteiger partial charge on any atom is 0.357 e. The molecule has 0 radical (unpaired) electrons. The Balaban J connectivity index is 2.72. The zero-order valence-corrected chi connectivity index (χ0v) is 15.8. The second-order valence-electron chi connectivity index (χ2n) is 5.91. The molecule has 0 bridgehead atoms. The van der Waals surface area contributed by atoms with Crippen molar-refractivity contribution in [3.05, 3.63) is 23.5 Å². The van der Waals surface area contributed by atoms with Crippen LogP contribution in [-0.4, -0.2) is 60.2 Å². The van der Waals surface area contributed by atoms with Crippen LogP contribution in [0.25, 0.3) is 0 Å². The highest BCUT2D eigenvalue weighted by Gasteiger charge is 2.17. The topological polar surface area (TPSA) is 115 Å². The van der Waals surface area contributed by atoms with Crippen LogP contribution >= 0.6 is 0 Å². The molecule has 27 heavy (non-hydrogen) atoms. The first-order chi connectivity index (χ1) is 13.1. The number of carbonyl (C=O) groups is 2. The summed E-state index contributed by atoms with van der Waals surface area (Å²) in [6.07, 6.45) is 6.67. The van der Waals surface area contributed by atoms with Crippen molar-refractivity contribution in [3.8, 4) is 5.75 Å². The molecule has 1 aromatic rings. The van der Waals surface area contributed by atoms with Gasteiger partial charge in [-0.05, 0) is 6.42 Å². The van der Waals surface area contributed by atoms with Crippen molar-refractivity contribution in [1.82, 2.24) is 4.98 Å². The number of ether oxygens (including phenoxy) is 3. The van der Waals surface area contributed by atoms with Crippen LogP contribution in [0.5, 0.6) is 5.75 Å². The predicted molar refractivity (Wildman–Crippen MR) is 97.8 cm³/mol. The Kier molecular flexibility index (Phi) is 11.8. The summed E-state index contributed by atoms with van der Waals surface area (Å²) in [7, 11) is 0. The quantitative estimate of drug-likeness (QED) is 0.371. The first kappa shape index (κ1) is 22.9. The number of aliphatic hydroxyl groups is 2. The summed E-state index contributed by atoms with van der Waals surface area (Å²) in [6, 6.07) is 2.78. The highest BCUT2D eigenvalue weighted by atomic mass is 16.5. The van der Waals surface area contributed by atoms with Gasteiger partial charge in [-0.2, -0.15) is 0 Å². The van der Waals surface area contributed by atoms with Crippen LogP contribution in [0.4, 0.5) is 0 Å². The van der Waals surface area contributed by atoms with Crippen molar-refractivity contribution >= 4 is 11.9 Å². The monoisotopic (exact) mass is 383 g/mol. The minimum atomic E-state index is -0.773. The Hall–Kier alpha value is -2.19. The van der Waals surface area contributed by atoms with E-state index in [1.165, 1.54) is 31.4 Å². The molecule has 0 aliphatic rings. The summed E-state index contributed by atoms with van der Waals surface area (Å²) in [6.45, 7) is 1.64. The molecule has 8 nitrogen and oxygen atoms in total. The number of esters is 2. The van der Waals surface area contributed by atoms with Gasteiger partial charge in [-0.15, -0.1) is 0 Å². The number of hydrogen-bond donors (Lipinski definition) is 2. The van der Waals surface area contributed by atoms with Crippen LogP contribution in [0.3, 0.4) is 0 Å². The normalized spacial score (nSPS) is 10.5. The summed E-state index contributed by atoms with van der Waals surface area (Å²) in [5, 5.41) is 17.5. The molecule has 0 aliphatic heterocycles. The highest BCUT2D eigenvalue weighted by molar-refractivity contribution is 5.92. The van der Waals surface area contributed by atoms with Gasteiger partial charge in [0.15, 0.2) is 11.4 Å². The van der Waals surface area contributed by atoms with Gasteiger partial charge in [0.25, 0.3) is 0 Å². The molecule has 0 aliphatic carbocycles. The molecule has 0 fully saturated rings. The Morgan fingerprint density at radius 1 is 0.852 bits per heavy atom. The fourth-order valence-electron chi connectivity index (χ4n) is 2.29. The number of nitrogens with zero attached hydrogens (tertiary/aromatic N) is 1.